The van der Waals surface area contributed by atoms with Crippen LogP contribution in [-0.4, -0.2) is 27.5 Å². The van der Waals surface area contributed by atoms with Crippen molar-refractivity contribution in [2.24, 2.45) is 7.05 Å². The first-order valence-corrected chi connectivity index (χ1v) is 14.2. The van der Waals surface area contributed by atoms with Gasteiger partial charge in [0, 0.05) is 44.3 Å². The van der Waals surface area contributed by atoms with Crippen LogP contribution in [0.1, 0.15) is 0 Å². The Bertz CT molecular complexity index is 2210. The van der Waals surface area contributed by atoms with Crippen LogP contribution in [0.15, 0.2) is 114 Å². The first kappa shape index (κ1) is 27.0. The molecule has 1 N–H and O–H groups in total. The van der Waals surface area contributed by atoms with E-state index in [9.17, 15) is 8.42 Å². The van der Waals surface area contributed by atoms with Gasteiger partial charge in [-0.1, -0.05) is 72.1 Å². The summed E-state index contributed by atoms with van der Waals surface area (Å²) in [6.45, 7) is 0. The molecule has 1 aliphatic carbocycles. The Labute approximate surface area is 250 Å². The van der Waals surface area contributed by atoms with Crippen LogP contribution in [0.5, 0.6) is 0 Å². The average Bonchev–Trinajstić information content (AvgIpc) is 3.46. The second kappa shape index (κ2) is 10.3. The molecule has 0 saturated carbocycles. The van der Waals surface area contributed by atoms with Gasteiger partial charge in [0.25, 0.3) is 0 Å². The summed E-state index contributed by atoms with van der Waals surface area (Å²) in [7, 11) is -1.98. The first-order valence-electron chi connectivity index (χ1n) is 12.7. The van der Waals surface area contributed by atoms with Gasteiger partial charge in [0.1, 0.15) is 0 Å². The number of fused-ring (bicyclic) bond motifs is 6. The zero-order valence-electron chi connectivity index (χ0n) is 21.7. The number of benzene rings is 4. The van der Waals surface area contributed by atoms with Gasteiger partial charge in [0.05, 0.1) is 5.52 Å². The van der Waals surface area contributed by atoms with E-state index in [1.807, 2.05) is 0 Å². The number of nitrogens with zero attached hydrogens (tertiary/aromatic N) is 3. The summed E-state index contributed by atoms with van der Waals surface area (Å²) in [5, 5.41) is 3.43. The van der Waals surface area contributed by atoms with Crippen molar-refractivity contribution in [3.8, 4) is 33.5 Å². The van der Waals surface area contributed by atoms with Crippen LogP contribution >= 0.6 is 0 Å². The van der Waals surface area contributed by atoms with E-state index in [1.165, 1.54) is 67.8 Å². The predicted octanol–water partition coefficient (Wildman–Crippen LogP) is 7.32. The fourth-order valence-electron chi connectivity index (χ4n) is 5.56. The SMILES string of the molecule is Cn1c2ccccc2c2c[c-]c(-c3cc4c5c(cccc5n3)-c3ccccc3-4)cc21.O=S(=O)(O)c1ccccn1.[Ir]. The fraction of sp³-hybridized carbons (Fsp3) is 0.0303. The van der Waals surface area contributed by atoms with E-state index in [0.29, 0.717) is 0 Å². The first-order chi connectivity index (χ1) is 19.4. The van der Waals surface area contributed by atoms with Gasteiger partial charge >= 0.3 is 10.1 Å². The summed E-state index contributed by atoms with van der Waals surface area (Å²) in [5.74, 6) is 0. The van der Waals surface area contributed by atoms with Crippen molar-refractivity contribution in [1.82, 2.24) is 14.5 Å². The van der Waals surface area contributed by atoms with Crippen molar-refractivity contribution >= 4 is 42.8 Å². The van der Waals surface area contributed by atoms with Crippen molar-refractivity contribution in [2.75, 3.05) is 0 Å². The number of rotatable bonds is 2. The maximum Gasteiger partial charge on any atom is 0.312 e. The zero-order valence-corrected chi connectivity index (χ0v) is 25.0. The molecular weight excluding hydrogens is 711 g/mol. The molecule has 0 bridgehead atoms. The Balaban J connectivity index is 0.000000236. The molecule has 4 aromatic carbocycles. The van der Waals surface area contributed by atoms with Crippen LogP contribution in [0, 0.1) is 6.07 Å². The Morgan fingerprint density at radius 1 is 0.756 bits per heavy atom. The van der Waals surface area contributed by atoms with E-state index in [4.69, 9.17) is 9.54 Å². The quantitative estimate of drug-likeness (QED) is 0.149. The van der Waals surface area contributed by atoms with Gasteiger partial charge in [-0.15, -0.1) is 23.8 Å². The molecule has 0 atom stereocenters. The van der Waals surface area contributed by atoms with E-state index < -0.39 is 10.1 Å². The van der Waals surface area contributed by atoms with Gasteiger partial charge in [0.15, 0.2) is 5.03 Å². The number of aryl methyl sites for hydroxylation is 1. The predicted molar refractivity (Wildman–Crippen MR) is 158 cm³/mol. The fourth-order valence-corrected chi connectivity index (χ4v) is 6.00. The van der Waals surface area contributed by atoms with Crippen LogP contribution in [0.2, 0.25) is 0 Å². The summed E-state index contributed by atoms with van der Waals surface area (Å²) in [5.41, 5.74) is 10.6. The zero-order chi connectivity index (χ0) is 27.4. The minimum atomic E-state index is -4.11. The largest absolute Gasteiger partial charge is 0.361 e. The summed E-state index contributed by atoms with van der Waals surface area (Å²) in [6.07, 6.45) is 1.29. The number of pyridine rings is 2. The third-order valence-electron chi connectivity index (χ3n) is 7.37. The molecule has 3 aromatic heterocycles. The molecule has 0 saturated heterocycles. The van der Waals surface area contributed by atoms with Crippen LogP contribution in [0.3, 0.4) is 0 Å². The van der Waals surface area contributed by atoms with E-state index in [0.717, 1.165) is 16.8 Å². The molecule has 0 amide bonds. The molecule has 6 nitrogen and oxygen atoms in total. The van der Waals surface area contributed by atoms with Crippen molar-refractivity contribution in [3.63, 3.8) is 0 Å². The summed E-state index contributed by atoms with van der Waals surface area (Å²) < 4.78 is 31.3. The van der Waals surface area contributed by atoms with Gasteiger partial charge in [-0.2, -0.15) is 8.42 Å². The smallest absolute Gasteiger partial charge is 0.312 e. The van der Waals surface area contributed by atoms with E-state index in [-0.39, 0.29) is 25.1 Å². The standard InChI is InChI=1S/C28H17N2.C5H5NO3S.Ir/c1-30-26-12-5-4-9-20(26)21-14-13-17(15-27(21)30)25-16-23-19-8-3-2-7-18(19)22-10-6-11-24(29-25)28(22)23;7-10(8,9)5-3-1-2-4-6-5;/h2-12,14-16H,1H3;1-4H,(H,7,8,9);/q-1;;. The second-order valence-electron chi connectivity index (χ2n) is 9.67. The molecule has 41 heavy (non-hydrogen) atoms. The monoisotopic (exact) mass is 733 g/mol. The van der Waals surface area contributed by atoms with Crippen LogP contribution in [-0.2, 0) is 37.3 Å². The molecular formula is C33H22IrN3O3S-. The number of hydrogen-bond acceptors (Lipinski definition) is 4. The van der Waals surface area contributed by atoms with Gasteiger partial charge in [-0.05, 0) is 63.1 Å². The third kappa shape index (κ3) is 4.55. The minimum Gasteiger partial charge on any atom is -0.361 e. The number of aromatic nitrogens is 3. The normalized spacial score (nSPS) is 11.7. The summed E-state index contributed by atoms with van der Waals surface area (Å²) in [4.78, 5) is 8.45. The van der Waals surface area contributed by atoms with E-state index >= 15 is 0 Å². The van der Waals surface area contributed by atoms with Crippen molar-refractivity contribution in [1.29, 1.82) is 0 Å². The van der Waals surface area contributed by atoms with E-state index in [1.54, 1.807) is 6.07 Å². The molecule has 0 unspecified atom stereocenters. The molecule has 1 aliphatic rings. The minimum absolute atomic E-state index is 0. The van der Waals surface area contributed by atoms with Crippen LogP contribution in [0.4, 0.5) is 0 Å². The molecule has 0 spiro atoms. The molecule has 203 valence electrons. The molecule has 3 heterocycles. The van der Waals surface area contributed by atoms with Gasteiger partial charge in [-0.25, -0.2) is 4.98 Å². The summed E-state index contributed by atoms with van der Waals surface area (Å²) in [6, 6.07) is 38.0. The molecule has 0 aliphatic heterocycles. The topological polar surface area (TPSA) is 85.1 Å². The summed E-state index contributed by atoms with van der Waals surface area (Å²) >= 11 is 0. The Morgan fingerprint density at radius 2 is 1.46 bits per heavy atom. The van der Waals surface area contributed by atoms with E-state index in [2.05, 4.69) is 108 Å². The average molecular weight is 733 g/mol. The van der Waals surface area contributed by atoms with Gasteiger partial charge in [-0.3, -0.25) is 9.54 Å². The van der Waals surface area contributed by atoms with Crippen molar-refractivity contribution in [2.45, 2.75) is 5.03 Å². The van der Waals surface area contributed by atoms with Crippen molar-refractivity contribution in [3.05, 3.63) is 115 Å². The number of para-hydroxylation sites is 1. The van der Waals surface area contributed by atoms with Crippen LogP contribution < -0.4 is 0 Å². The molecule has 1 radical (unpaired) electrons. The third-order valence-corrected chi connectivity index (χ3v) is 8.14. The Kier molecular flexibility index (Phi) is 6.80. The van der Waals surface area contributed by atoms with Crippen LogP contribution in [0.25, 0.3) is 66.2 Å². The molecule has 8 heteroatoms. The van der Waals surface area contributed by atoms with Gasteiger partial charge < -0.3 is 4.57 Å². The Morgan fingerprint density at radius 3 is 2.20 bits per heavy atom. The molecule has 7 aromatic rings. The van der Waals surface area contributed by atoms with Crippen molar-refractivity contribution < 1.29 is 33.1 Å². The second-order valence-corrected chi connectivity index (χ2v) is 11.0. The number of hydrogen-bond donors (Lipinski definition) is 1. The maximum atomic E-state index is 10.3. The molecule has 8 rings (SSSR count). The molecule has 0 fully saturated rings. The van der Waals surface area contributed by atoms with Gasteiger partial charge in [0.2, 0.25) is 0 Å². The maximum absolute atomic E-state index is 10.3. The Hall–Kier alpha value is -4.20.